The summed E-state index contributed by atoms with van der Waals surface area (Å²) in [7, 11) is 0. The van der Waals surface area contributed by atoms with Gasteiger partial charge in [-0.2, -0.15) is 0 Å². The Morgan fingerprint density at radius 3 is 2.45 bits per heavy atom. The van der Waals surface area contributed by atoms with Crippen LogP contribution in [0.5, 0.6) is 0 Å². The van der Waals surface area contributed by atoms with Crippen molar-refractivity contribution in [2.75, 3.05) is 23.8 Å². The third-order valence-corrected chi connectivity index (χ3v) is 6.91. The third kappa shape index (κ3) is 5.25. The first-order valence-electron chi connectivity index (χ1n) is 9.55. The van der Waals surface area contributed by atoms with Gasteiger partial charge >= 0.3 is 6.03 Å². The molecule has 0 radical (unpaired) electrons. The summed E-state index contributed by atoms with van der Waals surface area (Å²) >= 11 is 19.9. The van der Waals surface area contributed by atoms with E-state index in [9.17, 15) is 9.59 Å². The van der Waals surface area contributed by atoms with Crippen LogP contribution in [0.4, 0.5) is 16.2 Å². The van der Waals surface area contributed by atoms with Crippen LogP contribution in [0.25, 0.3) is 10.1 Å². The van der Waals surface area contributed by atoms with E-state index < -0.39 is 0 Å². The van der Waals surface area contributed by atoms with Crippen LogP contribution < -0.4 is 16.0 Å². The van der Waals surface area contributed by atoms with Gasteiger partial charge in [0.15, 0.2) is 0 Å². The molecule has 3 amide bonds. The van der Waals surface area contributed by atoms with E-state index in [2.05, 4.69) is 16.0 Å². The summed E-state index contributed by atoms with van der Waals surface area (Å²) in [6, 6.07) is 9.79. The molecule has 1 aliphatic rings. The third-order valence-electron chi connectivity index (χ3n) is 4.77. The molecule has 1 saturated heterocycles. The molecule has 1 atom stereocenters. The fourth-order valence-corrected chi connectivity index (χ4v) is 5.54. The van der Waals surface area contributed by atoms with Crippen molar-refractivity contribution in [3.05, 3.63) is 56.3 Å². The summed E-state index contributed by atoms with van der Waals surface area (Å²) in [6.07, 6.45) is 2.06. The number of rotatable bonds is 5. The van der Waals surface area contributed by atoms with Crippen LogP contribution in [0.3, 0.4) is 0 Å². The van der Waals surface area contributed by atoms with E-state index in [1.165, 1.54) is 11.3 Å². The van der Waals surface area contributed by atoms with Crippen LogP contribution in [0, 0.1) is 0 Å². The van der Waals surface area contributed by atoms with E-state index in [1.807, 2.05) is 0 Å². The quantitative estimate of drug-likeness (QED) is 0.380. The predicted molar refractivity (Wildman–Crippen MR) is 127 cm³/mol. The Bertz CT molecular complexity index is 1130. The Morgan fingerprint density at radius 2 is 1.77 bits per heavy atom. The van der Waals surface area contributed by atoms with E-state index >= 15 is 0 Å². The van der Waals surface area contributed by atoms with E-state index in [4.69, 9.17) is 39.5 Å². The molecule has 0 bridgehead atoms. The highest BCUT2D eigenvalue weighted by Gasteiger charge is 2.20. The Labute approximate surface area is 197 Å². The predicted octanol–water partition coefficient (Wildman–Crippen LogP) is 6.41. The lowest BCUT2D eigenvalue weighted by Crippen LogP contribution is -2.35. The summed E-state index contributed by atoms with van der Waals surface area (Å²) in [5, 5.41) is 10.1. The second-order valence-electron chi connectivity index (χ2n) is 7.01. The van der Waals surface area contributed by atoms with Gasteiger partial charge < -0.3 is 20.7 Å². The van der Waals surface area contributed by atoms with Gasteiger partial charge in [-0.05, 0) is 49.2 Å². The molecular formula is C21H18Cl3N3O3S. The molecule has 2 aromatic carbocycles. The standard InChI is InChI=1S/C21H18Cl3N3O3S/c22-11-8-15(23)17-16(9-11)31-19(18(17)24)20(28)26-12-3-5-13(6-4-12)27-21(29)25-10-14-2-1-7-30-14/h3-6,8-9,14H,1-2,7,10H2,(H,26,28)(H2,25,27,29). The van der Waals surface area contributed by atoms with Gasteiger partial charge in [-0.25, -0.2) is 4.79 Å². The van der Waals surface area contributed by atoms with Gasteiger partial charge in [0.2, 0.25) is 0 Å². The van der Waals surface area contributed by atoms with Gasteiger partial charge in [0.05, 0.1) is 16.1 Å². The van der Waals surface area contributed by atoms with Gasteiger partial charge in [0.1, 0.15) is 4.88 Å². The first-order valence-corrected chi connectivity index (χ1v) is 11.5. The minimum atomic E-state index is -0.353. The zero-order valence-electron chi connectivity index (χ0n) is 16.1. The van der Waals surface area contributed by atoms with Crippen molar-refractivity contribution in [3.8, 4) is 0 Å². The number of benzene rings is 2. The molecular weight excluding hydrogens is 481 g/mol. The van der Waals surface area contributed by atoms with Crippen molar-refractivity contribution in [1.29, 1.82) is 0 Å². The van der Waals surface area contributed by atoms with Gasteiger partial charge in [0.25, 0.3) is 5.91 Å². The van der Waals surface area contributed by atoms with Crippen molar-refractivity contribution in [2.24, 2.45) is 0 Å². The number of carbonyl (C=O) groups excluding carboxylic acids is 2. The van der Waals surface area contributed by atoms with Crippen molar-refractivity contribution in [3.63, 3.8) is 0 Å². The number of halogens is 3. The highest BCUT2D eigenvalue weighted by molar-refractivity contribution is 7.21. The van der Waals surface area contributed by atoms with Crippen LogP contribution in [-0.4, -0.2) is 31.2 Å². The second kappa shape index (κ2) is 9.63. The maximum atomic E-state index is 12.7. The molecule has 1 fully saturated rings. The van der Waals surface area contributed by atoms with Crippen LogP contribution >= 0.6 is 46.1 Å². The summed E-state index contributed by atoms with van der Waals surface area (Å²) < 4.78 is 6.21. The average molecular weight is 499 g/mol. The van der Waals surface area contributed by atoms with Gasteiger partial charge in [-0.15, -0.1) is 11.3 Å². The van der Waals surface area contributed by atoms with Crippen LogP contribution in [0.1, 0.15) is 22.5 Å². The van der Waals surface area contributed by atoms with Crippen molar-refractivity contribution < 1.29 is 14.3 Å². The van der Waals surface area contributed by atoms with Crippen LogP contribution in [0.15, 0.2) is 36.4 Å². The van der Waals surface area contributed by atoms with Gasteiger partial charge in [-0.3, -0.25) is 4.79 Å². The molecule has 31 heavy (non-hydrogen) atoms. The molecule has 0 spiro atoms. The van der Waals surface area contributed by atoms with E-state index in [-0.39, 0.29) is 18.0 Å². The fourth-order valence-electron chi connectivity index (χ4n) is 3.27. The van der Waals surface area contributed by atoms with Crippen molar-refractivity contribution in [2.45, 2.75) is 18.9 Å². The van der Waals surface area contributed by atoms with Gasteiger partial charge in [-0.1, -0.05) is 34.8 Å². The molecule has 6 nitrogen and oxygen atoms in total. The summed E-state index contributed by atoms with van der Waals surface area (Å²) in [6.45, 7) is 1.22. The zero-order chi connectivity index (χ0) is 22.0. The van der Waals surface area contributed by atoms with Crippen molar-refractivity contribution >= 4 is 79.5 Å². The molecule has 3 aromatic rings. The summed E-state index contributed by atoms with van der Waals surface area (Å²) in [5.41, 5.74) is 1.16. The molecule has 1 unspecified atom stereocenters. The number of anilines is 2. The number of amides is 3. The number of carbonyl (C=O) groups is 2. The number of nitrogens with one attached hydrogen (secondary N) is 3. The lowest BCUT2D eigenvalue weighted by Gasteiger charge is -2.12. The maximum absolute atomic E-state index is 12.7. The van der Waals surface area contributed by atoms with E-state index in [0.717, 1.165) is 24.1 Å². The van der Waals surface area contributed by atoms with Crippen LogP contribution in [0.2, 0.25) is 15.1 Å². The molecule has 10 heteroatoms. The Hall–Kier alpha value is -2.03. The Morgan fingerprint density at radius 1 is 1.06 bits per heavy atom. The van der Waals surface area contributed by atoms with Gasteiger partial charge in [0, 0.05) is 39.6 Å². The van der Waals surface area contributed by atoms with E-state index in [0.29, 0.717) is 43.3 Å². The number of hydrogen-bond acceptors (Lipinski definition) is 4. The smallest absolute Gasteiger partial charge is 0.319 e. The highest BCUT2D eigenvalue weighted by atomic mass is 35.5. The summed E-state index contributed by atoms with van der Waals surface area (Å²) in [5.74, 6) is -0.353. The number of hydrogen-bond donors (Lipinski definition) is 3. The largest absolute Gasteiger partial charge is 0.376 e. The molecule has 2 heterocycles. The molecule has 0 aliphatic carbocycles. The Kier molecular flexibility index (Phi) is 6.89. The average Bonchev–Trinajstić information content (AvgIpc) is 3.36. The number of urea groups is 1. The number of thiophene rings is 1. The monoisotopic (exact) mass is 497 g/mol. The minimum absolute atomic E-state index is 0.0787. The first kappa shape index (κ1) is 22.2. The minimum Gasteiger partial charge on any atom is -0.376 e. The molecule has 3 N–H and O–H groups in total. The lowest BCUT2D eigenvalue weighted by molar-refractivity contribution is 0.103. The number of ether oxygens (including phenoxy) is 1. The molecule has 162 valence electrons. The fraction of sp³-hybridized carbons (Fsp3) is 0.238. The second-order valence-corrected chi connectivity index (χ2v) is 9.28. The van der Waals surface area contributed by atoms with Crippen LogP contribution in [-0.2, 0) is 4.74 Å². The normalized spacial score (nSPS) is 15.8. The lowest BCUT2D eigenvalue weighted by atomic mass is 10.2. The highest BCUT2D eigenvalue weighted by Crippen LogP contribution is 2.41. The number of fused-ring (bicyclic) bond motifs is 1. The SMILES string of the molecule is O=C(NCC1CCCO1)Nc1ccc(NC(=O)c2sc3cc(Cl)cc(Cl)c3c2Cl)cc1. The molecule has 4 rings (SSSR count). The zero-order valence-corrected chi connectivity index (χ0v) is 19.2. The molecule has 1 aliphatic heterocycles. The van der Waals surface area contributed by atoms with E-state index in [1.54, 1.807) is 36.4 Å². The molecule has 1 aromatic heterocycles. The Balaban J connectivity index is 1.38. The topological polar surface area (TPSA) is 79.5 Å². The molecule has 0 saturated carbocycles. The maximum Gasteiger partial charge on any atom is 0.319 e. The first-order chi connectivity index (χ1) is 14.9. The summed E-state index contributed by atoms with van der Waals surface area (Å²) in [4.78, 5) is 25.1. The van der Waals surface area contributed by atoms with Crippen molar-refractivity contribution in [1.82, 2.24) is 5.32 Å².